The van der Waals surface area contributed by atoms with Gasteiger partial charge in [0.2, 0.25) is 10.0 Å². The van der Waals surface area contributed by atoms with Crippen LogP contribution in [-0.4, -0.2) is 26.8 Å². The van der Waals surface area contributed by atoms with Crippen LogP contribution in [0, 0.1) is 12.7 Å². The summed E-state index contributed by atoms with van der Waals surface area (Å²) in [6, 6.07) is 4.39. The first-order chi connectivity index (χ1) is 8.50. The molecule has 1 aromatic carbocycles. The van der Waals surface area contributed by atoms with Gasteiger partial charge in [0.15, 0.2) is 0 Å². The van der Waals surface area contributed by atoms with Crippen molar-refractivity contribution in [3.05, 3.63) is 29.6 Å². The van der Waals surface area contributed by atoms with Crippen LogP contribution in [0.1, 0.15) is 18.4 Å². The third kappa shape index (κ3) is 2.81. The molecule has 1 aliphatic rings. The van der Waals surface area contributed by atoms with E-state index >= 15 is 0 Å². The molecule has 0 saturated carbocycles. The predicted octanol–water partition coefficient (Wildman–Crippen LogP) is 1.63. The molecule has 6 heteroatoms. The van der Waals surface area contributed by atoms with Crippen LogP contribution in [-0.2, 0) is 10.0 Å². The Morgan fingerprint density at radius 3 is 2.89 bits per heavy atom. The van der Waals surface area contributed by atoms with Crippen molar-refractivity contribution in [3.63, 3.8) is 0 Å². The Kier molecular flexibility index (Phi) is 3.87. The molecular formula is C12H17FN2O2S. The van der Waals surface area contributed by atoms with E-state index in [-0.39, 0.29) is 0 Å². The topological polar surface area (TPSA) is 58.2 Å². The fraction of sp³-hybridized carbons (Fsp3) is 0.500. The lowest BCUT2D eigenvalue weighted by Crippen LogP contribution is -2.41. The van der Waals surface area contributed by atoms with E-state index in [2.05, 4.69) is 10.0 Å². The Balaban J connectivity index is 2.19. The molecule has 0 bridgehead atoms. The summed E-state index contributed by atoms with van der Waals surface area (Å²) in [4.78, 5) is 0. The average molecular weight is 272 g/mol. The van der Waals surface area contributed by atoms with Gasteiger partial charge in [-0.3, -0.25) is 4.72 Å². The van der Waals surface area contributed by atoms with Gasteiger partial charge in [-0.25, -0.2) is 12.8 Å². The smallest absolute Gasteiger partial charge is 0.236 e. The second kappa shape index (κ2) is 5.24. The fourth-order valence-electron chi connectivity index (χ4n) is 2.04. The van der Waals surface area contributed by atoms with Gasteiger partial charge >= 0.3 is 0 Å². The molecule has 0 aliphatic carbocycles. The van der Waals surface area contributed by atoms with Crippen LogP contribution >= 0.6 is 0 Å². The van der Waals surface area contributed by atoms with Gasteiger partial charge in [-0.1, -0.05) is 6.07 Å². The van der Waals surface area contributed by atoms with E-state index in [1.807, 2.05) is 0 Å². The maximum atomic E-state index is 13.3. The highest BCUT2D eigenvalue weighted by molar-refractivity contribution is 7.93. The van der Waals surface area contributed by atoms with E-state index < -0.39 is 21.1 Å². The van der Waals surface area contributed by atoms with Crippen LogP contribution in [0.4, 0.5) is 10.1 Å². The van der Waals surface area contributed by atoms with Crippen LogP contribution in [0.15, 0.2) is 18.2 Å². The highest BCUT2D eigenvalue weighted by atomic mass is 32.2. The minimum absolute atomic E-state index is 0.320. The molecule has 1 heterocycles. The van der Waals surface area contributed by atoms with Gasteiger partial charge in [0.25, 0.3) is 0 Å². The first-order valence-corrected chi connectivity index (χ1v) is 7.53. The number of rotatable bonds is 3. The first kappa shape index (κ1) is 13.3. The average Bonchev–Trinajstić information content (AvgIpc) is 2.36. The number of piperidine rings is 1. The summed E-state index contributed by atoms with van der Waals surface area (Å²) in [5.41, 5.74) is 0.644. The Bertz CT molecular complexity index is 525. The summed E-state index contributed by atoms with van der Waals surface area (Å²) >= 11 is 0. The van der Waals surface area contributed by atoms with Crippen molar-refractivity contribution in [2.24, 2.45) is 0 Å². The largest absolute Gasteiger partial charge is 0.315 e. The maximum Gasteiger partial charge on any atom is 0.236 e. The zero-order chi connectivity index (χ0) is 13.2. The van der Waals surface area contributed by atoms with Crippen molar-refractivity contribution in [1.29, 1.82) is 0 Å². The van der Waals surface area contributed by atoms with Gasteiger partial charge in [0.05, 0.1) is 10.9 Å². The van der Waals surface area contributed by atoms with E-state index in [1.54, 1.807) is 13.0 Å². The predicted molar refractivity (Wildman–Crippen MR) is 69.6 cm³/mol. The highest BCUT2D eigenvalue weighted by Crippen LogP contribution is 2.21. The second-order valence-corrected chi connectivity index (χ2v) is 6.49. The molecule has 0 radical (unpaired) electrons. The first-order valence-electron chi connectivity index (χ1n) is 5.98. The van der Waals surface area contributed by atoms with Gasteiger partial charge in [-0.05, 0) is 38.4 Å². The highest BCUT2D eigenvalue weighted by Gasteiger charge is 2.27. The van der Waals surface area contributed by atoms with Crippen LogP contribution < -0.4 is 10.0 Å². The maximum absolute atomic E-state index is 13.3. The zero-order valence-corrected chi connectivity index (χ0v) is 11.1. The Morgan fingerprint density at radius 2 is 2.22 bits per heavy atom. The molecule has 1 unspecified atom stereocenters. The molecule has 18 heavy (non-hydrogen) atoms. The fourth-order valence-corrected chi connectivity index (χ4v) is 3.55. The monoisotopic (exact) mass is 272 g/mol. The molecule has 1 fully saturated rings. The van der Waals surface area contributed by atoms with Crippen molar-refractivity contribution in [3.8, 4) is 0 Å². The SMILES string of the molecule is Cc1c(F)cccc1NS(=O)(=O)C1CCCNC1. The summed E-state index contributed by atoms with van der Waals surface area (Å²) < 4.78 is 40.1. The summed E-state index contributed by atoms with van der Waals surface area (Å²) in [5.74, 6) is -0.406. The molecule has 2 N–H and O–H groups in total. The molecule has 1 aliphatic heterocycles. The lowest BCUT2D eigenvalue weighted by Gasteiger charge is -2.23. The third-order valence-electron chi connectivity index (χ3n) is 3.21. The van der Waals surface area contributed by atoms with Crippen molar-refractivity contribution < 1.29 is 12.8 Å². The van der Waals surface area contributed by atoms with Crippen molar-refractivity contribution >= 4 is 15.7 Å². The summed E-state index contributed by atoms with van der Waals surface area (Å²) in [6.07, 6.45) is 1.48. The molecule has 1 atom stereocenters. The molecule has 4 nitrogen and oxygen atoms in total. The lowest BCUT2D eigenvalue weighted by atomic mass is 10.2. The molecule has 0 aromatic heterocycles. The molecular weight excluding hydrogens is 255 g/mol. The number of nitrogens with one attached hydrogen (secondary N) is 2. The number of sulfonamides is 1. The minimum Gasteiger partial charge on any atom is -0.315 e. The molecule has 100 valence electrons. The van der Waals surface area contributed by atoms with E-state index in [9.17, 15) is 12.8 Å². The van der Waals surface area contributed by atoms with Crippen LogP contribution in [0.5, 0.6) is 0 Å². The van der Waals surface area contributed by atoms with E-state index in [0.717, 1.165) is 13.0 Å². The van der Waals surface area contributed by atoms with E-state index in [0.29, 0.717) is 24.2 Å². The van der Waals surface area contributed by atoms with Gasteiger partial charge in [0, 0.05) is 12.1 Å². The lowest BCUT2D eigenvalue weighted by molar-refractivity contribution is 0.499. The summed E-state index contributed by atoms with van der Waals surface area (Å²) in [5, 5.41) is 2.61. The quantitative estimate of drug-likeness (QED) is 0.879. The van der Waals surface area contributed by atoms with E-state index in [4.69, 9.17) is 0 Å². The van der Waals surface area contributed by atoms with Crippen molar-refractivity contribution in [2.75, 3.05) is 17.8 Å². The molecule has 2 rings (SSSR count). The third-order valence-corrected chi connectivity index (χ3v) is 4.99. The van der Waals surface area contributed by atoms with Crippen LogP contribution in [0.25, 0.3) is 0 Å². The minimum atomic E-state index is -3.45. The number of hydrogen-bond acceptors (Lipinski definition) is 3. The number of benzene rings is 1. The van der Waals surface area contributed by atoms with Crippen LogP contribution in [0.2, 0.25) is 0 Å². The Hall–Kier alpha value is -1.14. The summed E-state index contributed by atoms with van der Waals surface area (Å²) in [6.45, 7) is 2.86. The molecule has 1 aromatic rings. The Labute approximate surface area is 107 Å². The van der Waals surface area contributed by atoms with Gasteiger partial charge in [0.1, 0.15) is 5.82 Å². The van der Waals surface area contributed by atoms with Crippen molar-refractivity contribution in [2.45, 2.75) is 25.0 Å². The zero-order valence-electron chi connectivity index (χ0n) is 10.2. The molecule has 0 amide bonds. The van der Waals surface area contributed by atoms with Gasteiger partial charge < -0.3 is 5.32 Å². The number of anilines is 1. The van der Waals surface area contributed by atoms with Gasteiger partial charge in [-0.2, -0.15) is 0 Å². The summed E-state index contributed by atoms with van der Waals surface area (Å²) in [7, 11) is -3.45. The normalized spacial score (nSPS) is 20.7. The molecule has 1 saturated heterocycles. The number of halogens is 1. The molecule has 0 spiro atoms. The standard InChI is InChI=1S/C12H17FN2O2S/c1-9-11(13)5-2-6-12(9)15-18(16,17)10-4-3-7-14-8-10/h2,5-6,10,14-15H,3-4,7-8H2,1H3. The van der Waals surface area contributed by atoms with Crippen LogP contribution in [0.3, 0.4) is 0 Å². The Morgan fingerprint density at radius 1 is 1.44 bits per heavy atom. The van der Waals surface area contributed by atoms with Gasteiger partial charge in [-0.15, -0.1) is 0 Å². The van der Waals surface area contributed by atoms with Crippen molar-refractivity contribution in [1.82, 2.24) is 5.32 Å². The van der Waals surface area contributed by atoms with E-state index in [1.165, 1.54) is 12.1 Å². The number of hydrogen-bond donors (Lipinski definition) is 2. The second-order valence-electron chi connectivity index (χ2n) is 4.53.